The molecule has 2 aromatic rings. The van der Waals surface area contributed by atoms with E-state index in [9.17, 15) is 10.0 Å². The lowest BCUT2D eigenvalue weighted by atomic mass is 9.82. The summed E-state index contributed by atoms with van der Waals surface area (Å²) in [5, 5.41) is 12.6. The molecule has 0 bridgehead atoms. The number of aldehydes is 1. The van der Waals surface area contributed by atoms with Crippen LogP contribution in [0, 0.1) is 0 Å². The second kappa shape index (κ2) is 8.48. The van der Waals surface area contributed by atoms with Crippen molar-refractivity contribution in [2.75, 3.05) is 28.4 Å². The summed E-state index contributed by atoms with van der Waals surface area (Å²) in [5.74, 6) is 2.02. The van der Waals surface area contributed by atoms with E-state index in [4.69, 9.17) is 18.9 Å². The minimum atomic E-state index is -0.759. The van der Waals surface area contributed by atoms with Crippen molar-refractivity contribution in [2.45, 2.75) is 38.8 Å². The summed E-state index contributed by atoms with van der Waals surface area (Å²) >= 11 is 0. The summed E-state index contributed by atoms with van der Waals surface area (Å²) in [6.07, 6.45) is 0.770. The first kappa shape index (κ1) is 23.6. The molecule has 0 amide bonds. The van der Waals surface area contributed by atoms with Gasteiger partial charge in [0.05, 0.1) is 45.1 Å². The maximum atomic E-state index is 11.7. The molecule has 0 fully saturated rings. The van der Waals surface area contributed by atoms with Crippen LogP contribution >= 0.6 is 0 Å². The van der Waals surface area contributed by atoms with Crippen LogP contribution in [0.25, 0.3) is 11.1 Å². The van der Waals surface area contributed by atoms with E-state index < -0.39 is 11.1 Å². The molecule has 0 unspecified atom stereocenters. The highest BCUT2D eigenvalue weighted by Gasteiger charge is 2.51. The quantitative estimate of drug-likeness (QED) is 0.624. The van der Waals surface area contributed by atoms with Gasteiger partial charge in [0.25, 0.3) is 0 Å². The standard InChI is InChI=1S/C25H31NO6/c1-24(2)21(15-9-10-18(29-5)17(11-15)14-27)22(25(3,4)26(24)28)16-12-19(30-6)23(32-8)20(13-16)31-7/h9-14,28H,1-8H3. The zero-order valence-corrected chi connectivity index (χ0v) is 19.9. The molecule has 0 saturated carbocycles. The lowest BCUT2D eigenvalue weighted by molar-refractivity contribution is -0.178. The number of ether oxygens (including phenoxy) is 4. The molecule has 32 heavy (non-hydrogen) atoms. The Bertz CT molecular complexity index is 1050. The SMILES string of the molecule is COc1ccc(C2=C(c3cc(OC)c(OC)c(OC)c3)C(C)(C)N(O)C2(C)C)cc1C=O. The molecule has 1 aliphatic heterocycles. The average Bonchev–Trinajstić information content (AvgIpc) is 2.93. The fourth-order valence-corrected chi connectivity index (χ4v) is 4.72. The van der Waals surface area contributed by atoms with E-state index in [2.05, 4.69) is 0 Å². The predicted octanol–water partition coefficient (Wildman–Crippen LogP) is 4.71. The molecule has 0 saturated heterocycles. The molecular formula is C25H31NO6. The fourth-order valence-electron chi connectivity index (χ4n) is 4.72. The molecule has 1 heterocycles. The number of hydrogen-bond donors (Lipinski definition) is 1. The number of methoxy groups -OCH3 is 4. The molecule has 1 N–H and O–H groups in total. The van der Waals surface area contributed by atoms with Gasteiger partial charge in [-0.1, -0.05) is 6.07 Å². The van der Waals surface area contributed by atoms with Gasteiger partial charge < -0.3 is 24.2 Å². The van der Waals surface area contributed by atoms with E-state index >= 15 is 0 Å². The Morgan fingerprint density at radius 2 is 1.25 bits per heavy atom. The van der Waals surface area contributed by atoms with Gasteiger partial charge in [-0.15, -0.1) is 0 Å². The van der Waals surface area contributed by atoms with Gasteiger partial charge in [-0.25, -0.2) is 0 Å². The van der Waals surface area contributed by atoms with Gasteiger partial charge >= 0.3 is 0 Å². The normalized spacial score (nSPS) is 17.3. The monoisotopic (exact) mass is 441 g/mol. The van der Waals surface area contributed by atoms with Gasteiger partial charge in [-0.05, 0) is 74.2 Å². The Kier molecular flexibility index (Phi) is 6.26. The van der Waals surface area contributed by atoms with Crippen LogP contribution in [0.2, 0.25) is 0 Å². The van der Waals surface area contributed by atoms with Crippen molar-refractivity contribution in [1.29, 1.82) is 0 Å². The van der Waals surface area contributed by atoms with Crippen molar-refractivity contribution >= 4 is 17.4 Å². The lowest BCUT2D eigenvalue weighted by Crippen LogP contribution is -2.48. The van der Waals surface area contributed by atoms with Gasteiger partial charge in [0.1, 0.15) is 5.75 Å². The second-order valence-corrected chi connectivity index (χ2v) is 8.67. The molecule has 3 rings (SSSR count). The van der Waals surface area contributed by atoms with Crippen molar-refractivity contribution < 1.29 is 28.9 Å². The highest BCUT2D eigenvalue weighted by atomic mass is 16.5. The van der Waals surface area contributed by atoms with Crippen LogP contribution in [0.15, 0.2) is 30.3 Å². The maximum Gasteiger partial charge on any atom is 0.203 e. The van der Waals surface area contributed by atoms with Crippen molar-refractivity contribution in [3.8, 4) is 23.0 Å². The largest absolute Gasteiger partial charge is 0.496 e. The molecule has 0 aromatic heterocycles. The van der Waals surface area contributed by atoms with Crippen LogP contribution in [-0.2, 0) is 0 Å². The van der Waals surface area contributed by atoms with Crippen LogP contribution in [0.3, 0.4) is 0 Å². The molecule has 1 aliphatic rings. The molecule has 172 valence electrons. The summed E-state index contributed by atoms with van der Waals surface area (Å²) in [4.78, 5) is 11.7. The van der Waals surface area contributed by atoms with Gasteiger partial charge in [0, 0.05) is 0 Å². The number of carbonyl (C=O) groups is 1. The van der Waals surface area contributed by atoms with E-state index in [1.165, 1.54) is 12.2 Å². The van der Waals surface area contributed by atoms with Gasteiger partial charge in [-0.2, -0.15) is 5.06 Å². The molecule has 0 aliphatic carbocycles. The van der Waals surface area contributed by atoms with Crippen LogP contribution in [0.1, 0.15) is 49.2 Å². The van der Waals surface area contributed by atoms with E-state index in [1.54, 1.807) is 33.5 Å². The zero-order chi connectivity index (χ0) is 23.8. The van der Waals surface area contributed by atoms with Crippen LogP contribution in [0.4, 0.5) is 0 Å². The molecule has 7 heteroatoms. The first-order valence-electron chi connectivity index (χ1n) is 10.3. The minimum absolute atomic E-state index is 0.437. The topological polar surface area (TPSA) is 77.5 Å². The van der Waals surface area contributed by atoms with Crippen molar-refractivity contribution in [1.82, 2.24) is 5.06 Å². The summed E-state index contributed by atoms with van der Waals surface area (Å²) in [6.45, 7) is 7.79. The van der Waals surface area contributed by atoms with E-state index in [0.717, 1.165) is 28.6 Å². The van der Waals surface area contributed by atoms with Gasteiger partial charge in [0.15, 0.2) is 17.8 Å². The molecule has 0 radical (unpaired) electrons. The van der Waals surface area contributed by atoms with Crippen LogP contribution in [-0.4, -0.2) is 56.1 Å². The van der Waals surface area contributed by atoms with E-state index in [-0.39, 0.29) is 0 Å². The Morgan fingerprint density at radius 3 is 1.69 bits per heavy atom. The highest BCUT2D eigenvalue weighted by molar-refractivity contribution is 6.02. The fraction of sp³-hybridized carbons (Fsp3) is 0.400. The minimum Gasteiger partial charge on any atom is -0.496 e. The first-order chi connectivity index (χ1) is 15.1. The number of hydrogen-bond acceptors (Lipinski definition) is 7. The summed E-state index contributed by atoms with van der Waals surface area (Å²) in [6, 6.07) is 9.20. The van der Waals surface area contributed by atoms with Crippen LogP contribution in [0.5, 0.6) is 23.0 Å². The summed E-state index contributed by atoms with van der Waals surface area (Å²) in [7, 11) is 6.22. The number of nitrogens with zero attached hydrogens (tertiary/aromatic N) is 1. The van der Waals surface area contributed by atoms with Crippen LogP contribution < -0.4 is 18.9 Å². The Labute approximate surface area is 189 Å². The van der Waals surface area contributed by atoms with Crippen molar-refractivity contribution in [3.63, 3.8) is 0 Å². The molecule has 0 spiro atoms. The van der Waals surface area contributed by atoms with Crippen molar-refractivity contribution in [2.24, 2.45) is 0 Å². The van der Waals surface area contributed by atoms with E-state index in [1.807, 2.05) is 45.9 Å². The van der Waals surface area contributed by atoms with Gasteiger partial charge in [-0.3, -0.25) is 4.79 Å². The Morgan fingerprint density at radius 1 is 0.750 bits per heavy atom. The second-order valence-electron chi connectivity index (χ2n) is 8.67. The third-order valence-corrected chi connectivity index (χ3v) is 6.13. The number of benzene rings is 2. The molecule has 0 atom stereocenters. The molecule has 2 aromatic carbocycles. The lowest BCUT2D eigenvalue weighted by Gasteiger charge is -2.37. The predicted molar refractivity (Wildman–Crippen MR) is 123 cm³/mol. The van der Waals surface area contributed by atoms with Crippen molar-refractivity contribution in [3.05, 3.63) is 47.0 Å². The summed E-state index contributed by atoms with van der Waals surface area (Å²) < 4.78 is 21.9. The number of carbonyl (C=O) groups excluding carboxylic acids is 1. The number of hydroxylamine groups is 2. The van der Waals surface area contributed by atoms with E-state index in [0.29, 0.717) is 28.6 Å². The highest BCUT2D eigenvalue weighted by Crippen LogP contribution is 2.54. The zero-order valence-electron chi connectivity index (χ0n) is 19.9. The molecule has 7 nitrogen and oxygen atoms in total. The summed E-state index contributed by atoms with van der Waals surface area (Å²) in [5.41, 5.74) is 2.31. The first-order valence-corrected chi connectivity index (χ1v) is 10.3. The Hall–Kier alpha value is -3.03. The smallest absolute Gasteiger partial charge is 0.203 e. The molecular weight excluding hydrogens is 410 g/mol. The third kappa shape index (κ3) is 3.51. The van der Waals surface area contributed by atoms with Gasteiger partial charge in [0.2, 0.25) is 5.75 Å². The number of rotatable bonds is 7. The average molecular weight is 442 g/mol. The maximum absolute atomic E-state index is 11.7. The Balaban J connectivity index is 2.41. The third-order valence-electron chi connectivity index (χ3n) is 6.13.